The Morgan fingerprint density at radius 3 is 2.59 bits per heavy atom. The zero-order chi connectivity index (χ0) is 21.2. The minimum absolute atomic E-state index is 0.0786. The Balaban J connectivity index is 1.78. The van der Waals surface area contributed by atoms with Gasteiger partial charge < -0.3 is 14.8 Å². The monoisotopic (exact) mass is 398 g/mol. The number of nitro benzene ring substituents is 1. The molecular weight excluding hydrogens is 376 g/mol. The highest BCUT2D eigenvalue weighted by Gasteiger charge is 2.16. The number of nitrogens with zero attached hydrogens (tertiary/aromatic N) is 1. The molecule has 0 saturated carbocycles. The molecule has 1 atom stereocenters. The van der Waals surface area contributed by atoms with Crippen molar-refractivity contribution in [2.75, 3.05) is 13.7 Å². The van der Waals surface area contributed by atoms with Crippen LogP contribution in [0, 0.1) is 10.1 Å². The van der Waals surface area contributed by atoms with E-state index in [0.717, 1.165) is 17.4 Å². The van der Waals surface area contributed by atoms with Gasteiger partial charge in [0.25, 0.3) is 11.6 Å². The maximum atomic E-state index is 12.1. The molecule has 0 aliphatic heterocycles. The smallest absolute Gasteiger partial charge is 0.331 e. The molecule has 8 nitrogen and oxygen atoms in total. The molecule has 0 radical (unpaired) electrons. The largest absolute Gasteiger partial charge is 0.497 e. The molecule has 0 heterocycles. The van der Waals surface area contributed by atoms with Gasteiger partial charge in [-0.15, -0.1) is 0 Å². The van der Waals surface area contributed by atoms with E-state index in [2.05, 4.69) is 5.32 Å². The van der Waals surface area contributed by atoms with E-state index >= 15 is 0 Å². The first-order valence-electron chi connectivity index (χ1n) is 8.93. The molecule has 1 N–H and O–H groups in total. The molecule has 2 rings (SSSR count). The summed E-state index contributed by atoms with van der Waals surface area (Å²) in [4.78, 5) is 34.2. The number of carbonyl (C=O) groups excluding carboxylic acids is 2. The van der Waals surface area contributed by atoms with E-state index in [1.54, 1.807) is 13.2 Å². The summed E-state index contributed by atoms with van der Waals surface area (Å²) in [6, 6.07) is 13.3. The van der Waals surface area contributed by atoms with Crippen LogP contribution in [-0.2, 0) is 20.7 Å². The van der Waals surface area contributed by atoms with E-state index in [1.165, 1.54) is 31.2 Å². The third kappa shape index (κ3) is 7.10. The molecule has 8 heteroatoms. The van der Waals surface area contributed by atoms with Gasteiger partial charge in [0.15, 0.2) is 6.10 Å². The molecule has 152 valence electrons. The van der Waals surface area contributed by atoms with E-state index in [0.29, 0.717) is 18.5 Å². The third-order valence-corrected chi connectivity index (χ3v) is 4.03. The van der Waals surface area contributed by atoms with Crippen LogP contribution in [0.1, 0.15) is 18.1 Å². The van der Waals surface area contributed by atoms with Crippen LogP contribution in [0.2, 0.25) is 0 Å². The van der Waals surface area contributed by atoms with Gasteiger partial charge in [-0.1, -0.05) is 24.3 Å². The molecule has 2 aromatic carbocycles. The first kappa shape index (κ1) is 21.6. The predicted octanol–water partition coefficient (Wildman–Crippen LogP) is 2.91. The number of nitro groups is 1. The van der Waals surface area contributed by atoms with E-state index in [9.17, 15) is 19.7 Å². The Labute approximate surface area is 168 Å². The van der Waals surface area contributed by atoms with Gasteiger partial charge >= 0.3 is 5.97 Å². The molecule has 0 bridgehead atoms. The zero-order valence-electron chi connectivity index (χ0n) is 16.2. The van der Waals surface area contributed by atoms with Crippen LogP contribution in [-0.4, -0.2) is 36.6 Å². The highest BCUT2D eigenvalue weighted by molar-refractivity contribution is 5.90. The number of rotatable bonds is 9. The van der Waals surface area contributed by atoms with Crippen LogP contribution in [0.3, 0.4) is 0 Å². The van der Waals surface area contributed by atoms with Crippen molar-refractivity contribution in [1.82, 2.24) is 5.32 Å². The van der Waals surface area contributed by atoms with E-state index < -0.39 is 22.9 Å². The fraction of sp³-hybridized carbons (Fsp3) is 0.238. The molecule has 1 amide bonds. The Kier molecular flexibility index (Phi) is 7.90. The molecule has 0 spiro atoms. The number of methoxy groups -OCH3 is 1. The SMILES string of the molecule is COc1ccc(CCNC(=O)C(C)OC(=O)/C=C/c2cccc([N+](=O)[O-])c2)cc1. The minimum Gasteiger partial charge on any atom is -0.497 e. The van der Waals surface area contributed by atoms with Gasteiger partial charge in [0, 0.05) is 24.8 Å². The van der Waals surface area contributed by atoms with Crippen LogP contribution in [0.15, 0.2) is 54.6 Å². The second-order valence-corrected chi connectivity index (χ2v) is 6.15. The van der Waals surface area contributed by atoms with Crippen molar-refractivity contribution in [3.63, 3.8) is 0 Å². The summed E-state index contributed by atoms with van der Waals surface area (Å²) in [5.41, 5.74) is 1.44. The first-order valence-corrected chi connectivity index (χ1v) is 8.93. The lowest BCUT2D eigenvalue weighted by Crippen LogP contribution is -2.36. The van der Waals surface area contributed by atoms with Gasteiger partial charge in [-0.2, -0.15) is 0 Å². The molecular formula is C21H22N2O6. The number of hydrogen-bond acceptors (Lipinski definition) is 6. The molecule has 0 saturated heterocycles. The molecule has 2 aromatic rings. The van der Waals surface area contributed by atoms with Gasteiger partial charge in [0.1, 0.15) is 5.75 Å². The Hall–Kier alpha value is -3.68. The number of benzene rings is 2. The van der Waals surface area contributed by atoms with Crippen molar-refractivity contribution in [2.24, 2.45) is 0 Å². The first-order chi connectivity index (χ1) is 13.9. The van der Waals surface area contributed by atoms with Crippen LogP contribution in [0.5, 0.6) is 5.75 Å². The van der Waals surface area contributed by atoms with Crippen molar-refractivity contribution < 1.29 is 24.0 Å². The maximum Gasteiger partial charge on any atom is 0.331 e. The highest BCUT2D eigenvalue weighted by atomic mass is 16.6. The quantitative estimate of drug-likeness (QED) is 0.301. The lowest BCUT2D eigenvalue weighted by Gasteiger charge is -2.12. The number of amides is 1. The number of nitrogens with one attached hydrogen (secondary N) is 1. The van der Waals surface area contributed by atoms with E-state index in [-0.39, 0.29) is 5.69 Å². The van der Waals surface area contributed by atoms with Gasteiger partial charge in [-0.3, -0.25) is 14.9 Å². The Bertz CT molecular complexity index is 892. The van der Waals surface area contributed by atoms with Crippen LogP contribution >= 0.6 is 0 Å². The summed E-state index contributed by atoms with van der Waals surface area (Å²) in [5, 5.41) is 13.5. The maximum absolute atomic E-state index is 12.1. The Morgan fingerprint density at radius 2 is 1.93 bits per heavy atom. The fourth-order valence-electron chi connectivity index (χ4n) is 2.44. The summed E-state index contributed by atoms with van der Waals surface area (Å²) in [7, 11) is 1.59. The Morgan fingerprint density at radius 1 is 1.21 bits per heavy atom. The topological polar surface area (TPSA) is 108 Å². The van der Waals surface area contributed by atoms with Gasteiger partial charge in [0.05, 0.1) is 12.0 Å². The van der Waals surface area contributed by atoms with E-state index in [1.807, 2.05) is 24.3 Å². The number of non-ortho nitro benzene ring substituents is 1. The zero-order valence-corrected chi connectivity index (χ0v) is 16.2. The van der Waals surface area contributed by atoms with Crippen molar-refractivity contribution in [2.45, 2.75) is 19.4 Å². The van der Waals surface area contributed by atoms with Gasteiger partial charge in [-0.05, 0) is 42.7 Å². The molecule has 0 aliphatic rings. The van der Waals surface area contributed by atoms with E-state index in [4.69, 9.17) is 9.47 Å². The summed E-state index contributed by atoms with van der Waals surface area (Å²) in [5.74, 6) is -0.360. The number of esters is 1. The van der Waals surface area contributed by atoms with Crippen LogP contribution in [0.4, 0.5) is 5.69 Å². The van der Waals surface area contributed by atoms with Gasteiger partial charge in [0.2, 0.25) is 0 Å². The predicted molar refractivity (Wildman–Crippen MR) is 107 cm³/mol. The number of ether oxygens (including phenoxy) is 2. The average molecular weight is 398 g/mol. The van der Waals surface area contributed by atoms with Crippen molar-refractivity contribution >= 4 is 23.6 Å². The lowest BCUT2D eigenvalue weighted by atomic mass is 10.1. The van der Waals surface area contributed by atoms with Crippen LogP contribution in [0.25, 0.3) is 6.08 Å². The second kappa shape index (κ2) is 10.6. The van der Waals surface area contributed by atoms with Crippen molar-refractivity contribution in [1.29, 1.82) is 0 Å². The molecule has 0 aliphatic carbocycles. The molecule has 0 aromatic heterocycles. The summed E-state index contributed by atoms with van der Waals surface area (Å²) < 4.78 is 10.1. The van der Waals surface area contributed by atoms with Crippen LogP contribution < -0.4 is 10.1 Å². The second-order valence-electron chi connectivity index (χ2n) is 6.15. The van der Waals surface area contributed by atoms with Gasteiger partial charge in [-0.25, -0.2) is 4.79 Å². The summed E-state index contributed by atoms with van der Waals surface area (Å²) >= 11 is 0. The highest BCUT2D eigenvalue weighted by Crippen LogP contribution is 2.14. The third-order valence-electron chi connectivity index (χ3n) is 4.03. The van der Waals surface area contributed by atoms with Crippen molar-refractivity contribution in [3.05, 3.63) is 75.8 Å². The lowest BCUT2D eigenvalue weighted by molar-refractivity contribution is -0.384. The van der Waals surface area contributed by atoms with Crippen molar-refractivity contribution in [3.8, 4) is 5.75 Å². The summed E-state index contributed by atoms with van der Waals surface area (Å²) in [6.07, 6.45) is 2.18. The molecule has 1 unspecified atom stereocenters. The molecule has 0 fully saturated rings. The number of carbonyl (C=O) groups is 2. The molecule has 29 heavy (non-hydrogen) atoms. The normalized spacial score (nSPS) is 11.7. The summed E-state index contributed by atoms with van der Waals surface area (Å²) in [6.45, 7) is 1.87. The minimum atomic E-state index is -0.965. The standard InChI is InChI=1S/C21H22N2O6/c1-15(21(25)22-13-12-16-6-9-19(28-2)10-7-16)29-20(24)11-8-17-4-3-5-18(14-17)23(26)27/h3-11,14-15H,12-13H2,1-2H3,(H,22,25)/b11-8+. The fourth-order valence-corrected chi connectivity index (χ4v) is 2.44. The average Bonchev–Trinajstić information content (AvgIpc) is 2.72. The number of hydrogen-bond donors (Lipinski definition) is 1.